The normalized spacial score (nSPS) is 10.8. The lowest BCUT2D eigenvalue weighted by Crippen LogP contribution is -2.00. The Hall–Kier alpha value is -1.88. The summed E-state index contributed by atoms with van der Waals surface area (Å²) in [5.41, 5.74) is 1.55. The average Bonchev–Trinajstić information content (AvgIpc) is 2.85. The Balaban J connectivity index is 2.37. The highest BCUT2D eigenvalue weighted by molar-refractivity contribution is 7.17. The fourth-order valence-corrected chi connectivity index (χ4v) is 2.92. The summed E-state index contributed by atoms with van der Waals surface area (Å²) in [6.07, 6.45) is 0. The van der Waals surface area contributed by atoms with Crippen LogP contribution in [0.2, 0.25) is 0 Å². The lowest BCUT2D eigenvalue weighted by atomic mass is 10.1. The maximum atomic E-state index is 11.3. The van der Waals surface area contributed by atoms with E-state index < -0.39 is 5.97 Å². The molecule has 4 nitrogen and oxygen atoms in total. The third-order valence-corrected chi connectivity index (χ3v) is 3.91. The predicted molar refractivity (Wildman–Crippen MR) is 79.8 cm³/mol. The Morgan fingerprint density at radius 1 is 1.35 bits per heavy atom. The lowest BCUT2D eigenvalue weighted by Gasteiger charge is -2.03. The van der Waals surface area contributed by atoms with Crippen molar-refractivity contribution in [2.45, 2.75) is 26.7 Å². The molecule has 0 aliphatic heterocycles. The van der Waals surface area contributed by atoms with Gasteiger partial charge in [0, 0.05) is 5.56 Å². The average molecular weight is 291 g/mol. The quantitative estimate of drug-likeness (QED) is 0.903. The van der Waals surface area contributed by atoms with E-state index in [4.69, 9.17) is 4.74 Å². The van der Waals surface area contributed by atoms with Crippen LogP contribution in [0, 0.1) is 0 Å². The zero-order valence-electron chi connectivity index (χ0n) is 11.7. The van der Waals surface area contributed by atoms with Gasteiger partial charge in [0.05, 0.1) is 12.3 Å². The first-order valence-corrected chi connectivity index (χ1v) is 7.31. The Morgan fingerprint density at radius 2 is 2.00 bits per heavy atom. The number of aromatic nitrogens is 1. The van der Waals surface area contributed by atoms with Crippen LogP contribution in [0.25, 0.3) is 10.6 Å². The van der Waals surface area contributed by atoms with Crippen LogP contribution in [0.1, 0.15) is 42.1 Å². The minimum atomic E-state index is -0.914. The van der Waals surface area contributed by atoms with Crippen molar-refractivity contribution in [2.24, 2.45) is 0 Å². The summed E-state index contributed by atoms with van der Waals surface area (Å²) in [6, 6.07) is 7.55. The number of benzene rings is 1. The molecule has 1 heterocycles. The number of hydrogen-bond donors (Lipinski definition) is 1. The summed E-state index contributed by atoms with van der Waals surface area (Å²) >= 11 is 1.22. The minimum absolute atomic E-state index is 0.0915. The molecule has 1 aromatic carbocycles. The van der Waals surface area contributed by atoms with Gasteiger partial charge in [0.15, 0.2) is 0 Å². The molecule has 0 aliphatic rings. The second kappa shape index (κ2) is 6.05. The van der Waals surface area contributed by atoms with Gasteiger partial charge in [-0.3, -0.25) is 0 Å². The van der Waals surface area contributed by atoms with E-state index in [1.54, 1.807) is 0 Å². The van der Waals surface area contributed by atoms with Gasteiger partial charge in [-0.05, 0) is 37.1 Å². The van der Waals surface area contributed by atoms with E-state index in [0.29, 0.717) is 17.2 Å². The van der Waals surface area contributed by atoms with E-state index in [0.717, 1.165) is 16.3 Å². The summed E-state index contributed by atoms with van der Waals surface area (Å²) in [7, 11) is 0. The van der Waals surface area contributed by atoms with E-state index in [1.165, 1.54) is 11.3 Å². The number of nitrogens with zero attached hydrogens (tertiary/aromatic N) is 1. The van der Waals surface area contributed by atoms with E-state index >= 15 is 0 Å². The van der Waals surface area contributed by atoms with Gasteiger partial charge < -0.3 is 9.84 Å². The topological polar surface area (TPSA) is 59.4 Å². The van der Waals surface area contributed by atoms with Crippen molar-refractivity contribution >= 4 is 17.3 Å². The van der Waals surface area contributed by atoms with Crippen molar-refractivity contribution in [3.8, 4) is 16.3 Å². The highest BCUT2D eigenvalue weighted by atomic mass is 32.1. The van der Waals surface area contributed by atoms with Crippen LogP contribution in [0.15, 0.2) is 24.3 Å². The van der Waals surface area contributed by atoms with Crippen molar-refractivity contribution in [2.75, 3.05) is 6.61 Å². The zero-order valence-corrected chi connectivity index (χ0v) is 12.5. The molecule has 0 saturated heterocycles. The second-order valence-corrected chi connectivity index (χ2v) is 5.65. The first-order valence-electron chi connectivity index (χ1n) is 6.50. The molecular formula is C15H17NO3S. The van der Waals surface area contributed by atoms with Gasteiger partial charge in [-0.2, -0.15) is 0 Å². The lowest BCUT2D eigenvalue weighted by molar-refractivity contribution is 0.0700. The third kappa shape index (κ3) is 2.99. The highest BCUT2D eigenvalue weighted by Crippen LogP contribution is 2.32. The number of thiazole rings is 1. The van der Waals surface area contributed by atoms with Crippen molar-refractivity contribution in [1.82, 2.24) is 4.98 Å². The van der Waals surface area contributed by atoms with Gasteiger partial charge in [0.1, 0.15) is 15.6 Å². The van der Waals surface area contributed by atoms with Crippen molar-refractivity contribution in [1.29, 1.82) is 0 Å². The molecule has 0 aliphatic carbocycles. The molecule has 2 aromatic rings. The van der Waals surface area contributed by atoms with Gasteiger partial charge in [-0.15, -0.1) is 11.3 Å². The van der Waals surface area contributed by atoms with Crippen LogP contribution in [0.3, 0.4) is 0 Å². The summed E-state index contributed by atoms with van der Waals surface area (Å²) in [6.45, 7) is 6.45. The summed E-state index contributed by atoms with van der Waals surface area (Å²) in [5.74, 6) is -0.0208. The van der Waals surface area contributed by atoms with Crippen molar-refractivity contribution < 1.29 is 14.6 Å². The summed E-state index contributed by atoms with van der Waals surface area (Å²) < 4.78 is 5.39. The predicted octanol–water partition coefficient (Wildman–Crippen LogP) is 4.03. The molecule has 1 N–H and O–H groups in total. The van der Waals surface area contributed by atoms with E-state index in [1.807, 2.05) is 45.0 Å². The first-order chi connectivity index (χ1) is 9.52. The van der Waals surface area contributed by atoms with Crippen LogP contribution < -0.4 is 4.74 Å². The molecule has 2 rings (SSSR count). The number of carboxylic acids is 1. The van der Waals surface area contributed by atoms with E-state index in [-0.39, 0.29) is 5.92 Å². The fourth-order valence-electron chi connectivity index (χ4n) is 1.86. The second-order valence-electron chi connectivity index (χ2n) is 4.65. The number of rotatable bonds is 5. The molecule has 20 heavy (non-hydrogen) atoms. The molecule has 0 fully saturated rings. The summed E-state index contributed by atoms with van der Waals surface area (Å²) in [5, 5.41) is 9.97. The molecular weight excluding hydrogens is 274 g/mol. The van der Waals surface area contributed by atoms with Gasteiger partial charge in [-0.1, -0.05) is 13.8 Å². The van der Waals surface area contributed by atoms with Crippen molar-refractivity contribution in [3.63, 3.8) is 0 Å². The van der Waals surface area contributed by atoms with Crippen LogP contribution in [-0.2, 0) is 0 Å². The van der Waals surface area contributed by atoms with Gasteiger partial charge in [-0.25, -0.2) is 9.78 Å². The molecule has 0 atom stereocenters. The minimum Gasteiger partial charge on any atom is -0.494 e. The Morgan fingerprint density at radius 3 is 2.45 bits per heavy atom. The van der Waals surface area contributed by atoms with Crippen LogP contribution >= 0.6 is 11.3 Å². The molecule has 0 unspecified atom stereocenters. The zero-order chi connectivity index (χ0) is 14.7. The largest absolute Gasteiger partial charge is 0.494 e. The third-order valence-electron chi connectivity index (χ3n) is 2.81. The first kappa shape index (κ1) is 14.5. The van der Waals surface area contributed by atoms with E-state index in [9.17, 15) is 9.90 Å². The van der Waals surface area contributed by atoms with Gasteiger partial charge in [0.25, 0.3) is 0 Å². The van der Waals surface area contributed by atoms with Crippen molar-refractivity contribution in [3.05, 3.63) is 34.8 Å². The number of ether oxygens (including phenoxy) is 1. The van der Waals surface area contributed by atoms with Crippen LogP contribution in [0.5, 0.6) is 5.75 Å². The van der Waals surface area contributed by atoms with Gasteiger partial charge in [0.2, 0.25) is 0 Å². The molecule has 5 heteroatoms. The highest BCUT2D eigenvalue weighted by Gasteiger charge is 2.20. The molecule has 0 saturated carbocycles. The van der Waals surface area contributed by atoms with Crippen LogP contribution in [0.4, 0.5) is 0 Å². The number of aromatic carboxylic acids is 1. The molecule has 0 spiro atoms. The SMILES string of the molecule is CCOc1ccc(-c2nc(C(C)C)c(C(=O)O)s2)cc1. The molecule has 0 amide bonds. The molecule has 0 bridgehead atoms. The monoisotopic (exact) mass is 291 g/mol. The number of hydrogen-bond acceptors (Lipinski definition) is 4. The van der Waals surface area contributed by atoms with Crippen LogP contribution in [-0.4, -0.2) is 22.7 Å². The Bertz CT molecular complexity index is 602. The van der Waals surface area contributed by atoms with E-state index in [2.05, 4.69) is 4.98 Å². The number of carbonyl (C=O) groups is 1. The maximum absolute atomic E-state index is 11.3. The molecule has 106 valence electrons. The molecule has 0 radical (unpaired) electrons. The molecule has 1 aromatic heterocycles. The fraction of sp³-hybridized carbons (Fsp3) is 0.333. The Labute approximate surface area is 122 Å². The summed E-state index contributed by atoms with van der Waals surface area (Å²) in [4.78, 5) is 16.1. The smallest absolute Gasteiger partial charge is 0.347 e. The maximum Gasteiger partial charge on any atom is 0.347 e. The number of carboxylic acid groups (broad SMARTS) is 1. The standard InChI is InChI=1S/C15H17NO3S/c1-4-19-11-7-5-10(6-8-11)14-16-12(9(2)3)13(20-14)15(17)18/h5-9H,4H2,1-3H3,(H,17,18). The van der Waals surface area contributed by atoms with Gasteiger partial charge >= 0.3 is 5.97 Å². The Kier molecular flexibility index (Phi) is 4.39.